The fourth-order valence-electron chi connectivity index (χ4n) is 2.64. The first-order valence-corrected chi connectivity index (χ1v) is 6.59. The van der Waals surface area contributed by atoms with Gasteiger partial charge < -0.3 is 26.6 Å². The number of likely N-dealkylation sites (N-methyl/N-ethyl adjacent to an activating group) is 1. The summed E-state index contributed by atoms with van der Waals surface area (Å²) in [5.74, 6) is -0.445. The highest BCUT2D eigenvalue weighted by atomic mass is 79.9. The van der Waals surface area contributed by atoms with Crippen LogP contribution in [0, 0.1) is 0 Å². The van der Waals surface area contributed by atoms with Crippen molar-refractivity contribution >= 4 is 17.6 Å². The Bertz CT molecular complexity index is 733. The number of hydrogen-bond acceptors (Lipinski definition) is 3. The lowest BCUT2D eigenvalue weighted by Crippen LogP contribution is -3.00. The summed E-state index contributed by atoms with van der Waals surface area (Å²) in [6.45, 7) is 0. The molecule has 22 heavy (non-hydrogen) atoms. The Morgan fingerprint density at radius 3 is 2.68 bits per heavy atom. The standard InChI is InChI=1S/C16H15N2O3.BrH/c1-17-13-8-4-3-7-12(13)14(15(17)19)18-9-5-6-11(10-18)16(20)21-2;/h3-10,14H,1-2H3;1H/q+1;/p-1. The molecule has 1 aromatic carbocycles. The zero-order valence-electron chi connectivity index (χ0n) is 12.2. The lowest BCUT2D eigenvalue weighted by atomic mass is 10.1. The lowest BCUT2D eigenvalue weighted by Gasteiger charge is -2.08. The first kappa shape index (κ1) is 16.2. The number of hydrogen-bond donors (Lipinski definition) is 0. The number of aromatic nitrogens is 1. The van der Waals surface area contributed by atoms with Crippen LogP contribution >= 0.6 is 0 Å². The molecule has 1 aliphatic heterocycles. The molecule has 1 unspecified atom stereocenters. The van der Waals surface area contributed by atoms with Crippen LogP contribution in [0.25, 0.3) is 0 Å². The summed E-state index contributed by atoms with van der Waals surface area (Å²) in [7, 11) is 3.09. The van der Waals surface area contributed by atoms with Crippen molar-refractivity contribution in [3.05, 3.63) is 59.9 Å². The second kappa shape index (κ2) is 6.27. The van der Waals surface area contributed by atoms with E-state index in [1.165, 1.54) is 7.11 Å². The molecule has 0 aliphatic carbocycles. The Morgan fingerprint density at radius 1 is 1.23 bits per heavy atom. The number of methoxy groups -OCH3 is 1. The Hall–Kier alpha value is -2.21. The van der Waals surface area contributed by atoms with Crippen LogP contribution in [0.4, 0.5) is 5.69 Å². The van der Waals surface area contributed by atoms with Gasteiger partial charge in [-0.2, -0.15) is 4.57 Å². The normalized spacial score (nSPS) is 16.0. The van der Waals surface area contributed by atoms with Crippen LogP contribution < -0.4 is 26.4 Å². The number of halogens is 1. The molecule has 0 radical (unpaired) electrons. The van der Waals surface area contributed by atoms with Crippen molar-refractivity contribution in [3.63, 3.8) is 0 Å². The van der Waals surface area contributed by atoms with E-state index in [9.17, 15) is 9.59 Å². The van der Waals surface area contributed by atoms with E-state index >= 15 is 0 Å². The highest BCUT2D eigenvalue weighted by Gasteiger charge is 2.41. The molecule has 0 bridgehead atoms. The SMILES string of the molecule is COC(=O)c1ccc[n+](C2C(=O)N(C)c3ccccc32)c1.[Br-]. The topological polar surface area (TPSA) is 50.5 Å². The van der Waals surface area contributed by atoms with Gasteiger partial charge in [-0.15, -0.1) is 0 Å². The zero-order valence-corrected chi connectivity index (χ0v) is 13.8. The van der Waals surface area contributed by atoms with Crippen LogP contribution in [0.2, 0.25) is 0 Å². The van der Waals surface area contributed by atoms with E-state index < -0.39 is 12.0 Å². The number of amides is 1. The third-order valence-corrected chi connectivity index (χ3v) is 3.70. The predicted molar refractivity (Wildman–Crippen MR) is 76.0 cm³/mol. The molecule has 2 heterocycles. The average molecular weight is 363 g/mol. The average Bonchev–Trinajstić information content (AvgIpc) is 2.78. The van der Waals surface area contributed by atoms with Crippen molar-refractivity contribution in [1.82, 2.24) is 0 Å². The van der Waals surface area contributed by atoms with Gasteiger partial charge in [0, 0.05) is 13.1 Å². The predicted octanol–water partition coefficient (Wildman–Crippen LogP) is -1.67. The molecule has 0 saturated heterocycles. The first-order valence-electron chi connectivity index (χ1n) is 6.59. The van der Waals surface area contributed by atoms with Crippen molar-refractivity contribution < 1.29 is 35.9 Å². The lowest BCUT2D eigenvalue weighted by molar-refractivity contribution is -0.699. The van der Waals surface area contributed by atoms with E-state index in [1.807, 2.05) is 24.3 Å². The molecule has 1 aromatic heterocycles. The number of pyridine rings is 1. The number of benzene rings is 1. The Labute approximate surface area is 138 Å². The quantitative estimate of drug-likeness (QED) is 0.474. The van der Waals surface area contributed by atoms with E-state index in [2.05, 4.69) is 0 Å². The molecule has 0 spiro atoms. The Morgan fingerprint density at radius 2 is 1.95 bits per heavy atom. The van der Waals surface area contributed by atoms with Gasteiger partial charge in [-0.25, -0.2) is 4.79 Å². The minimum atomic E-state index is -0.448. The second-order valence-electron chi connectivity index (χ2n) is 4.89. The van der Waals surface area contributed by atoms with Gasteiger partial charge in [-0.05, 0) is 18.2 Å². The van der Waals surface area contributed by atoms with Crippen molar-refractivity contribution in [2.75, 3.05) is 19.1 Å². The van der Waals surface area contributed by atoms with Gasteiger partial charge in [0.25, 0.3) is 6.04 Å². The molecule has 114 valence electrons. The first-order chi connectivity index (χ1) is 10.1. The van der Waals surface area contributed by atoms with Gasteiger partial charge in [-0.3, -0.25) is 4.79 Å². The minimum absolute atomic E-state index is 0. The van der Waals surface area contributed by atoms with Crippen LogP contribution in [-0.2, 0) is 9.53 Å². The Balaban J connectivity index is 0.00000176. The van der Waals surface area contributed by atoms with E-state index in [0.717, 1.165) is 11.3 Å². The third-order valence-electron chi connectivity index (χ3n) is 3.70. The number of para-hydroxylation sites is 1. The Kier molecular flexibility index (Phi) is 4.61. The van der Waals surface area contributed by atoms with Gasteiger partial charge in [-0.1, -0.05) is 12.1 Å². The molecule has 2 aromatic rings. The number of anilines is 1. The summed E-state index contributed by atoms with van der Waals surface area (Å²) in [6, 6.07) is 10.6. The van der Waals surface area contributed by atoms with Crippen molar-refractivity contribution in [1.29, 1.82) is 0 Å². The van der Waals surface area contributed by atoms with Crippen molar-refractivity contribution in [2.24, 2.45) is 0 Å². The molecule has 3 rings (SSSR count). The molecular weight excluding hydrogens is 348 g/mol. The fourth-order valence-corrected chi connectivity index (χ4v) is 2.64. The van der Waals surface area contributed by atoms with Gasteiger partial charge in [0.1, 0.15) is 5.56 Å². The van der Waals surface area contributed by atoms with Gasteiger partial charge >= 0.3 is 11.9 Å². The third kappa shape index (κ3) is 2.50. The van der Waals surface area contributed by atoms with Crippen molar-refractivity contribution in [2.45, 2.75) is 6.04 Å². The van der Waals surface area contributed by atoms with Gasteiger partial charge in [0.2, 0.25) is 0 Å². The summed E-state index contributed by atoms with van der Waals surface area (Å²) >= 11 is 0. The number of fused-ring (bicyclic) bond motifs is 1. The number of nitrogens with zero attached hydrogens (tertiary/aromatic N) is 2. The van der Waals surface area contributed by atoms with Crippen LogP contribution in [0.15, 0.2) is 48.8 Å². The maximum Gasteiger partial charge on any atom is 0.343 e. The molecule has 0 N–H and O–H groups in total. The van der Waals surface area contributed by atoms with Gasteiger partial charge in [0.15, 0.2) is 12.4 Å². The zero-order chi connectivity index (χ0) is 15.0. The summed E-state index contributed by atoms with van der Waals surface area (Å²) < 4.78 is 6.47. The molecule has 0 fully saturated rings. The van der Waals surface area contributed by atoms with Crippen LogP contribution in [0.5, 0.6) is 0 Å². The molecular formula is C16H15BrN2O3. The molecule has 1 aliphatic rings. The summed E-state index contributed by atoms with van der Waals surface area (Å²) in [5.41, 5.74) is 2.24. The summed E-state index contributed by atoms with van der Waals surface area (Å²) in [5, 5.41) is 0. The maximum atomic E-state index is 12.5. The summed E-state index contributed by atoms with van der Waals surface area (Å²) in [4.78, 5) is 25.8. The summed E-state index contributed by atoms with van der Waals surface area (Å²) in [6.07, 6.45) is 3.43. The highest BCUT2D eigenvalue weighted by molar-refractivity contribution is 6.03. The number of rotatable bonds is 2. The largest absolute Gasteiger partial charge is 1.00 e. The van der Waals surface area contributed by atoms with E-state index in [0.29, 0.717) is 5.56 Å². The van der Waals surface area contributed by atoms with E-state index in [1.54, 1.807) is 41.0 Å². The smallest absolute Gasteiger partial charge is 0.343 e. The molecule has 5 nitrogen and oxygen atoms in total. The number of ether oxygens (including phenoxy) is 1. The molecule has 6 heteroatoms. The minimum Gasteiger partial charge on any atom is -1.00 e. The van der Waals surface area contributed by atoms with Crippen LogP contribution in [0.1, 0.15) is 22.0 Å². The molecule has 0 saturated carbocycles. The second-order valence-corrected chi connectivity index (χ2v) is 4.89. The van der Waals surface area contributed by atoms with Gasteiger partial charge in [0.05, 0.1) is 18.4 Å². The van der Waals surface area contributed by atoms with E-state index in [-0.39, 0.29) is 22.9 Å². The fraction of sp³-hybridized carbons (Fsp3) is 0.188. The number of esters is 1. The van der Waals surface area contributed by atoms with E-state index in [4.69, 9.17) is 4.74 Å². The number of carbonyl (C=O) groups is 2. The molecule has 1 atom stereocenters. The van der Waals surface area contributed by atoms with Crippen molar-refractivity contribution in [3.8, 4) is 0 Å². The number of carbonyl (C=O) groups excluding carboxylic acids is 2. The monoisotopic (exact) mass is 362 g/mol. The van der Waals surface area contributed by atoms with Crippen LogP contribution in [0.3, 0.4) is 0 Å². The maximum absolute atomic E-state index is 12.5. The van der Waals surface area contributed by atoms with Crippen LogP contribution in [-0.4, -0.2) is 26.0 Å². The molecule has 1 amide bonds. The highest BCUT2D eigenvalue weighted by Crippen LogP contribution is 2.33.